The molecule has 0 atom stereocenters. The van der Waals surface area contributed by atoms with Crippen molar-refractivity contribution in [3.63, 3.8) is 0 Å². The van der Waals surface area contributed by atoms with Crippen molar-refractivity contribution in [1.29, 1.82) is 0 Å². The number of aromatic nitrogens is 2. The Bertz CT molecular complexity index is 319. The Hall–Kier alpha value is -1.36. The van der Waals surface area contributed by atoms with E-state index in [0.717, 1.165) is 17.8 Å². The van der Waals surface area contributed by atoms with Gasteiger partial charge in [0.15, 0.2) is 0 Å². The van der Waals surface area contributed by atoms with Gasteiger partial charge in [-0.05, 0) is 12.5 Å². The lowest BCUT2D eigenvalue weighted by molar-refractivity contribution is -0.117. The summed E-state index contributed by atoms with van der Waals surface area (Å²) in [5.74, 6) is -0.345. The Labute approximate surface area is 83.3 Å². The SMILES string of the molecule is CCc1cc(CNCC(N)=O)n(C)n1. The smallest absolute Gasteiger partial charge is 0.231 e. The van der Waals surface area contributed by atoms with Crippen LogP contribution in [0.15, 0.2) is 6.07 Å². The zero-order valence-corrected chi connectivity index (χ0v) is 8.58. The van der Waals surface area contributed by atoms with Crippen LogP contribution in [0, 0.1) is 0 Å². The first-order chi connectivity index (χ1) is 6.63. The minimum Gasteiger partial charge on any atom is -0.369 e. The molecule has 0 spiro atoms. The molecule has 1 heterocycles. The fraction of sp³-hybridized carbons (Fsp3) is 0.556. The first-order valence-corrected chi connectivity index (χ1v) is 4.64. The third-order valence-corrected chi connectivity index (χ3v) is 1.99. The number of nitrogens with one attached hydrogen (secondary N) is 1. The minimum atomic E-state index is -0.345. The Balaban J connectivity index is 2.49. The van der Waals surface area contributed by atoms with Gasteiger partial charge in [-0.3, -0.25) is 9.48 Å². The summed E-state index contributed by atoms with van der Waals surface area (Å²) >= 11 is 0. The zero-order valence-electron chi connectivity index (χ0n) is 8.58. The summed E-state index contributed by atoms with van der Waals surface area (Å²) in [5.41, 5.74) is 7.12. The van der Waals surface area contributed by atoms with E-state index in [4.69, 9.17) is 5.73 Å². The maximum atomic E-state index is 10.5. The topological polar surface area (TPSA) is 72.9 Å². The summed E-state index contributed by atoms with van der Waals surface area (Å²) in [6.45, 7) is 2.88. The molecule has 14 heavy (non-hydrogen) atoms. The molecule has 0 bridgehead atoms. The maximum Gasteiger partial charge on any atom is 0.231 e. The lowest BCUT2D eigenvalue weighted by atomic mass is 10.3. The van der Waals surface area contributed by atoms with Crippen molar-refractivity contribution in [2.75, 3.05) is 6.54 Å². The molecule has 1 amide bonds. The van der Waals surface area contributed by atoms with Gasteiger partial charge in [0, 0.05) is 13.6 Å². The molecule has 0 unspecified atom stereocenters. The van der Waals surface area contributed by atoms with Crippen LogP contribution in [0.5, 0.6) is 0 Å². The van der Waals surface area contributed by atoms with Gasteiger partial charge in [-0.1, -0.05) is 6.92 Å². The van der Waals surface area contributed by atoms with E-state index < -0.39 is 0 Å². The Morgan fingerprint density at radius 3 is 2.93 bits per heavy atom. The molecule has 1 aromatic heterocycles. The van der Waals surface area contributed by atoms with Gasteiger partial charge in [0.2, 0.25) is 5.91 Å². The van der Waals surface area contributed by atoms with Gasteiger partial charge in [-0.2, -0.15) is 5.10 Å². The fourth-order valence-electron chi connectivity index (χ4n) is 1.22. The van der Waals surface area contributed by atoms with E-state index in [9.17, 15) is 4.79 Å². The number of nitrogens with two attached hydrogens (primary N) is 1. The van der Waals surface area contributed by atoms with E-state index in [1.165, 1.54) is 0 Å². The fourth-order valence-corrected chi connectivity index (χ4v) is 1.22. The van der Waals surface area contributed by atoms with E-state index in [1.807, 2.05) is 17.8 Å². The number of carbonyl (C=O) groups excluding carboxylic acids is 1. The van der Waals surface area contributed by atoms with Gasteiger partial charge >= 0.3 is 0 Å². The highest BCUT2D eigenvalue weighted by molar-refractivity contribution is 5.75. The third kappa shape index (κ3) is 2.85. The number of rotatable bonds is 5. The van der Waals surface area contributed by atoms with E-state index in [1.54, 1.807) is 0 Å². The van der Waals surface area contributed by atoms with Crippen molar-refractivity contribution in [3.8, 4) is 0 Å². The van der Waals surface area contributed by atoms with E-state index in [2.05, 4.69) is 17.3 Å². The van der Waals surface area contributed by atoms with Gasteiger partial charge in [-0.25, -0.2) is 0 Å². The summed E-state index contributed by atoms with van der Waals surface area (Å²) in [7, 11) is 1.89. The molecule has 5 heteroatoms. The highest BCUT2D eigenvalue weighted by Crippen LogP contribution is 2.02. The lowest BCUT2D eigenvalue weighted by Crippen LogP contribution is -2.28. The van der Waals surface area contributed by atoms with Crippen LogP contribution in [0.4, 0.5) is 0 Å². The normalized spacial score (nSPS) is 10.4. The number of hydrogen-bond donors (Lipinski definition) is 2. The molecule has 0 saturated carbocycles. The number of carbonyl (C=O) groups is 1. The van der Waals surface area contributed by atoms with Crippen molar-refractivity contribution in [3.05, 3.63) is 17.5 Å². The average molecular weight is 196 g/mol. The van der Waals surface area contributed by atoms with Crippen LogP contribution < -0.4 is 11.1 Å². The molecule has 0 aliphatic rings. The highest BCUT2D eigenvalue weighted by Gasteiger charge is 2.03. The predicted molar refractivity (Wildman–Crippen MR) is 53.5 cm³/mol. The summed E-state index contributed by atoms with van der Waals surface area (Å²) in [4.78, 5) is 10.5. The number of hydrogen-bond acceptors (Lipinski definition) is 3. The Morgan fingerprint density at radius 1 is 1.71 bits per heavy atom. The summed E-state index contributed by atoms with van der Waals surface area (Å²) in [5, 5.41) is 7.23. The number of nitrogens with zero attached hydrogens (tertiary/aromatic N) is 2. The molecular weight excluding hydrogens is 180 g/mol. The lowest BCUT2D eigenvalue weighted by Gasteiger charge is -2.01. The van der Waals surface area contributed by atoms with Gasteiger partial charge in [0.25, 0.3) is 0 Å². The maximum absolute atomic E-state index is 10.5. The van der Waals surface area contributed by atoms with Gasteiger partial charge < -0.3 is 11.1 Å². The van der Waals surface area contributed by atoms with Crippen LogP contribution in [-0.4, -0.2) is 22.2 Å². The standard InChI is InChI=1S/C9H16N4O/c1-3-7-4-8(13(2)12-7)5-11-6-9(10)14/h4,11H,3,5-6H2,1-2H3,(H2,10,14). The number of aryl methyl sites for hydroxylation is 2. The van der Waals surface area contributed by atoms with Crippen LogP contribution in [0.3, 0.4) is 0 Å². The zero-order chi connectivity index (χ0) is 10.6. The molecular formula is C9H16N4O. The molecule has 1 aromatic rings. The van der Waals surface area contributed by atoms with Gasteiger partial charge in [-0.15, -0.1) is 0 Å². The van der Waals surface area contributed by atoms with Crippen LogP contribution in [0.25, 0.3) is 0 Å². The van der Waals surface area contributed by atoms with Crippen molar-refractivity contribution in [2.24, 2.45) is 12.8 Å². The van der Waals surface area contributed by atoms with Crippen molar-refractivity contribution in [1.82, 2.24) is 15.1 Å². The summed E-state index contributed by atoms with van der Waals surface area (Å²) in [6.07, 6.45) is 0.920. The molecule has 0 aliphatic heterocycles. The molecule has 78 valence electrons. The second-order valence-corrected chi connectivity index (χ2v) is 3.17. The van der Waals surface area contributed by atoms with Crippen LogP contribution in [0.2, 0.25) is 0 Å². The Kier molecular flexibility index (Phi) is 3.64. The largest absolute Gasteiger partial charge is 0.369 e. The van der Waals surface area contributed by atoms with Crippen molar-refractivity contribution in [2.45, 2.75) is 19.9 Å². The van der Waals surface area contributed by atoms with Crippen LogP contribution in [-0.2, 0) is 24.8 Å². The summed E-state index contributed by atoms with van der Waals surface area (Å²) < 4.78 is 1.81. The van der Waals surface area contributed by atoms with Crippen LogP contribution in [0.1, 0.15) is 18.3 Å². The molecule has 0 fully saturated rings. The van der Waals surface area contributed by atoms with Gasteiger partial charge in [0.05, 0.1) is 17.9 Å². The van der Waals surface area contributed by atoms with Gasteiger partial charge in [0.1, 0.15) is 0 Å². The third-order valence-electron chi connectivity index (χ3n) is 1.99. The first-order valence-electron chi connectivity index (χ1n) is 4.64. The van der Waals surface area contributed by atoms with Crippen LogP contribution >= 0.6 is 0 Å². The summed E-state index contributed by atoms with van der Waals surface area (Å²) in [6, 6.07) is 2.02. The van der Waals surface area contributed by atoms with Crippen molar-refractivity contribution < 1.29 is 4.79 Å². The first kappa shape index (κ1) is 10.7. The Morgan fingerprint density at radius 2 is 2.43 bits per heavy atom. The molecule has 1 rings (SSSR count). The second-order valence-electron chi connectivity index (χ2n) is 3.17. The second kappa shape index (κ2) is 4.76. The monoisotopic (exact) mass is 196 g/mol. The minimum absolute atomic E-state index is 0.201. The molecule has 5 nitrogen and oxygen atoms in total. The average Bonchev–Trinajstić information content (AvgIpc) is 2.47. The number of primary amides is 1. The van der Waals surface area contributed by atoms with E-state index in [0.29, 0.717) is 6.54 Å². The van der Waals surface area contributed by atoms with E-state index >= 15 is 0 Å². The number of amides is 1. The van der Waals surface area contributed by atoms with Crippen molar-refractivity contribution >= 4 is 5.91 Å². The quantitative estimate of drug-likeness (QED) is 0.670. The predicted octanol–water partition coefficient (Wildman–Crippen LogP) is -0.443. The highest BCUT2D eigenvalue weighted by atomic mass is 16.1. The van der Waals surface area contributed by atoms with E-state index in [-0.39, 0.29) is 12.5 Å². The molecule has 0 saturated heterocycles. The molecule has 0 aliphatic carbocycles. The molecule has 0 aromatic carbocycles. The molecule has 0 radical (unpaired) electrons. The molecule has 3 N–H and O–H groups in total.